The van der Waals surface area contributed by atoms with Crippen LogP contribution in [0.1, 0.15) is 46.1 Å². The highest BCUT2D eigenvalue weighted by Gasteiger charge is 2.61. The van der Waals surface area contributed by atoms with Gasteiger partial charge in [-0.1, -0.05) is 0 Å². The number of nitrogens with zero attached hydrogens (tertiary/aromatic N) is 3. The molecule has 1 aliphatic heterocycles. The number of hydrogen-bond acceptors (Lipinski definition) is 4. The number of fused-ring (bicyclic) bond motifs is 2. The lowest BCUT2D eigenvalue weighted by atomic mass is 10.0. The Morgan fingerprint density at radius 1 is 1.20 bits per heavy atom. The van der Waals surface area contributed by atoms with Crippen LogP contribution in [0.15, 0.2) is 18.3 Å². The highest BCUT2D eigenvalue weighted by atomic mass is 19.1. The summed E-state index contributed by atoms with van der Waals surface area (Å²) in [5.41, 5.74) is -0.299. The van der Waals surface area contributed by atoms with Crippen LogP contribution in [0.25, 0.3) is 5.52 Å². The van der Waals surface area contributed by atoms with Gasteiger partial charge in [-0.25, -0.2) is 14.2 Å². The zero-order valence-corrected chi connectivity index (χ0v) is 18.3. The van der Waals surface area contributed by atoms with Crippen LogP contribution in [-0.2, 0) is 15.1 Å². The second-order valence-electron chi connectivity index (χ2n) is 9.95. The predicted octanol–water partition coefficient (Wildman–Crippen LogP) is 3.25. The molecular formula is C22H29FN4O3. The van der Waals surface area contributed by atoms with Gasteiger partial charge in [0.2, 0.25) is 5.91 Å². The molecule has 2 fully saturated rings. The molecule has 0 bridgehead atoms. The summed E-state index contributed by atoms with van der Waals surface area (Å²) in [5.74, 6) is 0.393. The minimum Gasteiger partial charge on any atom is -0.444 e. The topological polar surface area (TPSA) is 75.9 Å². The number of carbonyl (C=O) groups excluding carboxylic acids is 2. The molecule has 2 aromatic rings. The van der Waals surface area contributed by atoms with E-state index in [0.717, 1.165) is 0 Å². The number of rotatable bonds is 3. The molecule has 2 aliphatic rings. The van der Waals surface area contributed by atoms with Crippen LogP contribution >= 0.6 is 0 Å². The molecule has 0 aromatic carbocycles. The molecule has 1 N–H and O–H groups in total. The van der Waals surface area contributed by atoms with E-state index in [0.29, 0.717) is 30.1 Å². The fourth-order valence-electron chi connectivity index (χ4n) is 4.55. The van der Waals surface area contributed by atoms with Crippen molar-refractivity contribution in [2.24, 2.45) is 17.8 Å². The Morgan fingerprint density at radius 2 is 1.83 bits per heavy atom. The third-order valence-corrected chi connectivity index (χ3v) is 5.93. The van der Waals surface area contributed by atoms with Crippen LogP contribution in [-0.4, -0.2) is 45.0 Å². The maximum atomic E-state index is 14.2. The molecular weight excluding hydrogens is 387 g/mol. The summed E-state index contributed by atoms with van der Waals surface area (Å²) >= 11 is 0. The average molecular weight is 416 g/mol. The first-order valence-electron chi connectivity index (χ1n) is 10.3. The van der Waals surface area contributed by atoms with Crippen molar-refractivity contribution in [3.63, 3.8) is 0 Å². The maximum absolute atomic E-state index is 14.2. The largest absolute Gasteiger partial charge is 0.444 e. The van der Waals surface area contributed by atoms with Crippen LogP contribution in [0.5, 0.6) is 0 Å². The van der Waals surface area contributed by atoms with E-state index in [4.69, 9.17) is 4.74 Å². The van der Waals surface area contributed by atoms with Crippen molar-refractivity contribution in [1.82, 2.24) is 19.6 Å². The Kier molecular flexibility index (Phi) is 4.60. The summed E-state index contributed by atoms with van der Waals surface area (Å²) in [7, 11) is 0. The third-order valence-electron chi connectivity index (χ3n) is 5.93. The summed E-state index contributed by atoms with van der Waals surface area (Å²) in [4.78, 5) is 31.4. The van der Waals surface area contributed by atoms with Gasteiger partial charge >= 0.3 is 6.09 Å². The maximum Gasteiger partial charge on any atom is 0.410 e. The van der Waals surface area contributed by atoms with E-state index in [-0.39, 0.29) is 35.6 Å². The van der Waals surface area contributed by atoms with Gasteiger partial charge in [-0.05, 0) is 65.5 Å². The van der Waals surface area contributed by atoms with Gasteiger partial charge in [0.15, 0.2) is 0 Å². The molecule has 4 rings (SSSR count). The molecule has 0 spiro atoms. The van der Waals surface area contributed by atoms with E-state index in [2.05, 4.69) is 10.3 Å². The molecule has 30 heavy (non-hydrogen) atoms. The summed E-state index contributed by atoms with van der Waals surface area (Å²) in [6.07, 6.45) is 1.43. The molecule has 7 nitrogen and oxygen atoms in total. The van der Waals surface area contributed by atoms with Crippen molar-refractivity contribution in [2.75, 3.05) is 13.1 Å². The molecule has 2 unspecified atom stereocenters. The number of amides is 2. The molecule has 1 saturated heterocycles. The van der Waals surface area contributed by atoms with Crippen molar-refractivity contribution in [3.05, 3.63) is 35.7 Å². The van der Waals surface area contributed by atoms with Gasteiger partial charge < -0.3 is 15.0 Å². The van der Waals surface area contributed by atoms with Crippen LogP contribution in [0.4, 0.5) is 9.18 Å². The van der Waals surface area contributed by atoms with Gasteiger partial charge in [0.25, 0.3) is 0 Å². The number of likely N-dealkylation sites (tertiary alicyclic amines) is 1. The van der Waals surface area contributed by atoms with Crippen LogP contribution in [0, 0.1) is 30.5 Å². The Hall–Kier alpha value is -2.64. The summed E-state index contributed by atoms with van der Waals surface area (Å²) < 4.78 is 21.3. The Balaban J connectivity index is 1.43. The number of piperidine rings is 1. The standard InChI is InChI=1S/C22H29FN4O3/c1-12-17-15(23)8-7-9-27(17)19(24-12)22(5,6)25-18(28)16-13-10-26(11-14(13)16)20(29)30-21(2,3)4/h7-9,13-14,16H,10-11H2,1-6H3,(H,25,28). The second kappa shape index (κ2) is 6.68. The number of aromatic nitrogens is 2. The number of halogens is 1. The number of ether oxygens (including phenoxy) is 1. The van der Waals surface area contributed by atoms with Crippen molar-refractivity contribution < 1.29 is 18.7 Å². The van der Waals surface area contributed by atoms with Gasteiger partial charge in [0, 0.05) is 25.2 Å². The van der Waals surface area contributed by atoms with E-state index in [1.165, 1.54) is 6.07 Å². The fourth-order valence-corrected chi connectivity index (χ4v) is 4.55. The Bertz CT molecular complexity index is 1010. The lowest BCUT2D eigenvalue weighted by Gasteiger charge is -2.27. The molecule has 0 radical (unpaired) electrons. The van der Waals surface area contributed by atoms with Crippen LogP contribution in [0.3, 0.4) is 0 Å². The zero-order chi connectivity index (χ0) is 22.0. The van der Waals surface area contributed by atoms with Crippen molar-refractivity contribution in [1.29, 1.82) is 0 Å². The molecule has 2 aromatic heterocycles. The first-order valence-corrected chi connectivity index (χ1v) is 10.3. The SMILES string of the molecule is Cc1nc(C(C)(C)NC(=O)C2C3CN(C(=O)OC(C)(C)C)CC32)n2cccc(F)c12. The number of pyridine rings is 1. The van der Waals surface area contributed by atoms with E-state index >= 15 is 0 Å². The molecule has 2 atom stereocenters. The minimum atomic E-state index is -0.774. The number of nitrogens with one attached hydrogen (secondary N) is 1. The quantitative estimate of drug-likeness (QED) is 0.833. The summed E-state index contributed by atoms with van der Waals surface area (Å²) in [5, 5.41) is 3.09. The van der Waals surface area contributed by atoms with Gasteiger partial charge in [-0.3, -0.25) is 9.20 Å². The van der Waals surface area contributed by atoms with Crippen molar-refractivity contribution >= 4 is 17.5 Å². The molecule has 8 heteroatoms. The molecule has 162 valence electrons. The van der Waals surface area contributed by atoms with Gasteiger partial charge in [-0.2, -0.15) is 0 Å². The molecule has 1 aliphatic carbocycles. The van der Waals surface area contributed by atoms with E-state index in [1.807, 2.05) is 34.6 Å². The highest BCUT2D eigenvalue weighted by Crippen LogP contribution is 2.52. The van der Waals surface area contributed by atoms with Crippen molar-refractivity contribution in [2.45, 2.75) is 52.7 Å². The van der Waals surface area contributed by atoms with Crippen LogP contribution < -0.4 is 5.32 Å². The van der Waals surface area contributed by atoms with Crippen molar-refractivity contribution in [3.8, 4) is 0 Å². The Labute approximate surface area is 175 Å². The van der Waals surface area contributed by atoms with E-state index < -0.39 is 11.1 Å². The summed E-state index contributed by atoms with van der Waals surface area (Å²) in [6.45, 7) is 12.1. The van der Waals surface area contributed by atoms with Gasteiger partial charge in [-0.15, -0.1) is 0 Å². The number of carbonyl (C=O) groups is 2. The first-order chi connectivity index (χ1) is 13.9. The normalized spacial score (nSPS) is 23.4. The van der Waals surface area contributed by atoms with Gasteiger partial charge in [0.05, 0.1) is 11.2 Å². The fraction of sp³-hybridized carbons (Fsp3) is 0.591. The molecule has 2 amide bonds. The smallest absolute Gasteiger partial charge is 0.410 e. The molecule has 1 saturated carbocycles. The predicted molar refractivity (Wildman–Crippen MR) is 109 cm³/mol. The van der Waals surface area contributed by atoms with Gasteiger partial charge in [0.1, 0.15) is 22.8 Å². The highest BCUT2D eigenvalue weighted by molar-refractivity contribution is 5.84. The number of aryl methyl sites for hydroxylation is 1. The van der Waals surface area contributed by atoms with E-state index in [9.17, 15) is 14.0 Å². The van der Waals surface area contributed by atoms with Crippen LogP contribution in [0.2, 0.25) is 0 Å². The monoisotopic (exact) mass is 416 g/mol. The number of imidazole rings is 1. The lowest BCUT2D eigenvalue weighted by Crippen LogP contribution is -2.45. The molecule has 3 heterocycles. The lowest BCUT2D eigenvalue weighted by molar-refractivity contribution is -0.125. The summed E-state index contributed by atoms with van der Waals surface area (Å²) in [6, 6.07) is 3.03. The number of hydrogen-bond donors (Lipinski definition) is 1. The second-order valence-corrected chi connectivity index (χ2v) is 9.95. The minimum absolute atomic E-state index is 0.0513. The third kappa shape index (κ3) is 3.52. The zero-order valence-electron chi connectivity index (χ0n) is 18.3. The average Bonchev–Trinajstić information content (AvgIpc) is 2.95. The van der Waals surface area contributed by atoms with E-state index in [1.54, 1.807) is 28.5 Å². The Morgan fingerprint density at radius 3 is 2.43 bits per heavy atom. The first kappa shape index (κ1) is 20.6.